The number of aromatic nitrogens is 1. The molecule has 41 heavy (non-hydrogen) atoms. The Morgan fingerprint density at radius 1 is 1.02 bits per heavy atom. The molecule has 2 saturated carbocycles. The number of methoxy groups -OCH3 is 1. The molecule has 0 radical (unpaired) electrons. The van der Waals surface area contributed by atoms with Crippen molar-refractivity contribution in [2.24, 2.45) is 11.7 Å². The standard InChI is InChI=1S/C34H42N4O3/c1-23(2)38(33(40)41-3)29-16-10-24(11-17-29)20-31(39)37-28-21-30(25-8-5-4-6-9-25)32(36-22-28)26-12-14-27(15-13-26)34(35)18-7-19-34/h4-6,8-9,12-15,21-24,29H,7,10-11,16-20,35H2,1-3H3,(H,37,39). The Morgan fingerprint density at radius 2 is 1.71 bits per heavy atom. The van der Waals surface area contributed by atoms with Gasteiger partial charge in [0.25, 0.3) is 0 Å². The third-order valence-electron chi connectivity index (χ3n) is 8.86. The Morgan fingerprint density at radius 3 is 2.29 bits per heavy atom. The molecular formula is C34H42N4O3. The fourth-order valence-electron chi connectivity index (χ4n) is 6.40. The summed E-state index contributed by atoms with van der Waals surface area (Å²) in [5, 5.41) is 3.10. The number of ether oxygens (including phenoxy) is 1. The van der Waals surface area contributed by atoms with Crippen LogP contribution in [0.5, 0.6) is 0 Å². The van der Waals surface area contributed by atoms with Crippen LogP contribution in [0.4, 0.5) is 10.5 Å². The van der Waals surface area contributed by atoms with E-state index >= 15 is 0 Å². The number of nitrogens with zero attached hydrogens (tertiary/aromatic N) is 2. The fourth-order valence-corrected chi connectivity index (χ4v) is 6.40. The third-order valence-corrected chi connectivity index (χ3v) is 8.86. The lowest BCUT2D eigenvalue weighted by Crippen LogP contribution is -2.46. The van der Waals surface area contributed by atoms with Gasteiger partial charge in [0.05, 0.1) is 24.7 Å². The summed E-state index contributed by atoms with van der Waals surface area (Å²) in [4.78, 5) is 32.0. The molecule has 2 fully saturated rings. The second-order valence-electron chi connectivity index (χ2n) is 12.0. The van der Waals surface area contributed by atoms with E-state index in [2.05, 4.69) is 41.7 Å². The number of nitrogens with one attached hydrogen (secondary N) is 1. The molecule has 0 atom stereocenters. The van der Waals surface area contributed by atoms with Crippen molar-refractivity contribution in [2.75, 3.05) is 12.4 Å². The Balaban J connectivity index is 1.27. The first-order valence-corrected chi connectivity index (χ1v) is 14.9. The molecule has 3 aromatic rings. The first-order chi connectivity index (χ1) is 19.8. The molecular weight excluding hydrogens is 512 g/mol. The van der Waals surface area contributed by atoms with Crippen LogP contribution in [0.15, 0.2) is 66.9 Å². The average Bonchev–Trinajstić information content (AvgIpc) is 2.97. The van der Waals surface area contributed by atoms with Crippen LogP contribution < -0.4 is 11.1 Å². The number of hydrogen-bond acceptors (Lipinski definition) is 5. The smallest absolute Gasteiger partial charge is 0.409 e. The summed E-state index contributed by atoms with van der Waals surface area (Å²) in [6.07, 6.45) is 8.74. The van der Waals surface area contributed by atoms with Gasteiger partial charge in [-0.3, -0.25) is 9.78 Å². The van der Waals surface area contributed by atoms with E-state index < -0.39 is 0 Å². The zero-order chi connectivity index (χ0) is 29.0. The molecule has 3 N–H and O–H groups in total. The minimum Gasteiger partial charge on any atom is -0.453 e. The molecule has 216 valence electrons. The quantitative estimate of drug-likeness (QED) is 0.309. The summed E-state index contributed by atoms with van der Waals surface area (Å²) < 4.78 is 5.00. The van der Waals surface area contributed by atoms with Crippen molar-refractivity contribution in [1.82, 2.24) is 9.88 Å². The van der Waals surface area contributed by atoms with Crippen LogP contribution in [-0.2, 0) is 15.1 Å². The molecule has 0 spiro atoms. The van der Waals surface area contributed by atoms with E-state index in [1.165, 1.54) is 19.1 Å². The second kappa shape index (κ2) is 12.4. The van der Waals surface area contributed by atoms with E-state index in [1.807, 2.05) is 43.0 Å². The number of amides is 2. The maximum absolute atomic E-state index is 13.1. The first-order valence-electron chi connectivity index (χ1n) is 14.9. The first kappa shape index (κ1) is 28.8. The third kappa shape index (κ3) is 6.46. The van der Waals surface area contributed by atoms with Gasteiger partial charge in [-0.1, -0.05) is 54.6 Å². The monoisotopic (exact) mass is 554 g/mol. The largest absolute Gasteiger partial charge is 0.453 e. The highest BCUT2D eigenvalue weighted by Crippen LogP contribution is 2.40. The molecule has 7 heteroatoms. The Hall–Kier alpha value is -3.71. The lowest BCUT2D eigenvalue weighted by molar-refractivity contribution is -0.117. The van der Waals surface area contributed by atoms with Gasteiger partial charge in [0.1, 0.15) is 0 Å². The molecule has 2 aliphatic carbocycles. The highest BCUT2D eigenvalue weighted by Gasteiger charge is 2.34. The topological polar surface area (TPSA) is 97.5 Å². The summed E-state index contributed by atoms with van der Waals surface area (Å²) in [6.45, 7) is 4.03. The summed E-state index contributed by atoms with van der Waals surface area (Å²) in [5.41, 5.74) is 12.1. The van der Waals surface area contributed by atoms with Crippen LogP contribution in [0.2, 0.25) is 0 Å². The lowest BCUT2D eigenvalue weighted by Gasteiger charge is -2.38. The maximum atomic E-state index is 13.1. The van der Waals surface area contributed by atoms with Crippen LogP contribution in [0.3, 0.4) is 0 Å². The van der Waals surface area contributed by atoms with Gasteiger partial charge in [-0.15, -0.1) is 0 Å². The number of anilines is 1. The molecule has 2 amide bonds. The van der Waals surface area contributed by atoms with E-state index in [0.717, 1.165) is 60.9 Å². The van der Waals surface area contributed by atoms with E-state index in [4.69, 9.17) is 15.5 Å². The number of carbonyl (C=O) groups excluding carboxylic acids is 2. The molecule has 1 aromatic heterocycles. The fraction of sp³-hybridized carbons (Fsp3) is 0.441. The SMILES string of the molecule is COC(=O)N(C(C)C)C1CCC(CC(=O)Nc2cnc(-c3ccc(C4(N)CCC4)cc3)c(-c3ccccc3)c2)CC1. The predicted molar refractivity (Wildman–Crippen MR) is 163 cm³/mol. The Kier molecular flexibility index (Phi) is 8.74. The van der Waals surface area contributed by atoms with Gasteiger partial charge >= 0.3 is 6.09 Å². The molecule has 0 bridgehead atoms. The van der Waals surface area contributed by atoms with Crippen molar-refractivity contribution in [1.29, 1.82) is 0 Å². The highest BCUT2D eigenvalue weighted by atomic mass is 16.5. The van der Waals surface area contributed by atoms with Gasteiger partial charge in [-0.05, 0) is 81.9 Å². The van der Waals surface area contributed by atoms with Gasteiger partial charge < -0.3 is 20.7 Å². The predicted octanol–water partition coefficient (Wildman–Crippen LogP) is 7.12. The molecule has 2 aliphatic rings. The molecule has 5 rings (SSSR count). The Bertz CT molecular complexity index is 1340. The van der Waals surface area contributed by atoms with Crippen LogP contribution in [0.1, 0.15) is 70.8 Å². The van der Waals surface area contributed by atoms with Crippen LogP contribution in [0, 0.1) is 5.92 Å². The maximum Gasteiger partial charge on any atom is 0.409 e. The molecule has 2 aromatic carbocycles. The molecule has 0 unspecified atom stereocenters. The molecule has 1 heterocycles. The number of rotatable bonds is 8. The summed E-state index contributed by atoms with van der Waals surface area (Å²) in [7, 11) is 1.43. The van der Waals surface area contributed by atoms with Crippen LogP contribution >= 0.6 is 0 Å². The van der Waals surface area contributed by atoms with Crippen molar-refractivity contribution >= 4 is 17.7 Å². The summed E-state index contributed by atoms with van der Waals surface area (Å²) in [5.74, 6) is 0.285. The van der Waals surface area contributed by atoms with Crippen molar-refractivity contribution < 1.29 is 14.3 Å². The van der Waals surface area contributed by atoms with Gasteiger partial charge in [-0.2, -0.15) is 0 Å². The van der Waals surface area contributed by atoms with Gasteiger partial charge in [-0.25, -0.2) is 4.79 Å². The average molecular weight is 555 g/mol. The van der Waals surface area contributed by atoms with E-state index in [1.54, 1.807) is 6.20 Å². The van der Waals surface area contributed by atoms with E-state index in [-0.39, 0.29) is 29.6 Å². The van der Waals surface area contributed by atoms with Crippen molar-refractivity contribution in [3.05, 3.63) is 72.4 Å². The summed E-state index contributed by atoms with van der Waals surface area (Å²) in [6, 6.07) is 20.9. The van der Waals surface area contributed by atoms with Crippen molar-refractivity contribution in [2.45, 2.75) is 82.8 Å². The minimum atomic E-state index is -0.274. The van der Waals surface area contributed by atoms with Crippen molar-refractivity contribution in [3.8, 4) is 22.4 Å². The zero-order valence-corrected chi connectivity index (χ0v) is 24.4. The van der Waals surface area contributed by atoms with Crippen LogP contribution in [0.25, 0.3) is 22.4 Å². The number of nitrogens with two attached hydrogens (primary N) is 1. The normalized spacial score (nSPS) is 19.7. The number of hydrogen-bond donors (Lipinski definition) is 2. The zero-order valence-electron chi connectivity index (χ0n) is 24.4. The van der Waals surface area contributed by atoms with Gasteiger partial charge in [0.15, 0.2) is 0 Å². The highest BCUT2D eigenvalue weighted by molar-refractivity contribution is 5.93. The second-order valence-corrected chi connectivity index (χ2v) is 12.0. The summed E-state index contributed by atoms with van der Waals surface area (Å²) >= 11 is 0. The van der Waals surface area contributed by atoms with Gasteiger partial charge in [0, 0.05) is 35.2 Å². The van der Waals surface area contributed by atoms with Crippen LogP contribution in [-0.4, -0.2) is 41.1 Å². The minimum absolute atomic E-state index is 0.00575. The number of carbonyl (C=O) groups is 2. The molecule has 7 nitrogen and oxygen atoms in total. The lowest BCUT2D eigenvalue weighted by atomic mass is 9.72. The van der Waals surface area contributed by atoms with Crippen molar-refractivity contribution in [3.63, 3.8) is 0 Å². The Labute approximate surface area is 243 Å². The van der Waals surface area contributed by atoms with E-state index in [0.29, 0.717) is 18.0 Å². The molecule has 0 saturated heterocycles. The van der Waals surface area contributed by atoms with E-state index in [9.17, 15) is 9.59 Å². The molecule has 0 aliphatic heterocycles. The number of benzene rings is 2. The van der Waals surface area contributed by atoms with Gasteiger partial charge in [0.2, 0.25) is 5.91 Å². The number of pyridine rings is 1.